The summed E-state index contributed by atoms with van der Waals surface area (Å²) in [6, 6.07) is 3.22. The van der Waals surface area contributed by atoms with E-state index in [4.69, 9.17) is 9.90 Å². The van der Waals surface area contributed by atoms with Gasteiger partial charge >= 0.3 is 0 Å². The van der Waals surface area contributed by atoms with Crippen LogP contribution in [0.25, 0.3) is 0 Å². The van der Waals surface area contributed by atoms with Crippen molar-refractivity contribution in [3.05, 3.63) is 46.0 Å². The van der Waals surface area contributed by atoms with Gasteiger partial charge in [0.1, 0.15) is 5.82 Å². The fourth-order valence-electron chi connectivity index (χ4n) is 2.28. The second kappa shape index (κ2) is 6.04. The summed E-state index contributed by atoms with van der Waals surface area (Å²) in [5.41, 5.74) is 1.74. The van der Waals surface area contributed by atoms with E-state index >= 15 is 0 Å². The van der Waals surface area contributed by atoms with E-state index in [-0.39, 0.29) is 23.9 Å². The first-order chi connectivity index (χ1) is 10.1. The number of aromatic nitrogens is 3. The lowest BCUT2D eigenvalue weighted by Crippen LogP contribution is -2.24. The molecular weight excluding hydrogens is 276 g/mol. The maximum Gasteiger partial charge on any atom is 0.290 e. The molecule has 8 nitrogen and oxygen atoms in total. The minimum atomic E-state index is -0.250. The molecule has 2 aromatic heterocycles. The van der Waals surface area contributed by atoms with Gasteiger partial charge in [0, 0.05) is 37.2 Å². The molecule has 8 heteroatoms. The van der Waals surface area contributed by atoms with Crippen molar-refractivity contribution in [3.8, 4) is 0 Å². The van der Waals surface area contributed by atoms with Crippen LogP contribution < -0.4 is 10.9 Å². The standard InChI is InChI=1S/C12H12N4O2.CH2O2/c1-16-12-9(6-14-16)8(4-11(18)15-12)7-2-3-10(17)13-5-7;2-1-3/h2-3,5-6,8H,4H2,1H3,(H,13,17)(H,15,18);1H,(H,2,3). The Morgan fingerprint density at radius 1 is 1.43 bits per heavy atom. The van der Waals surface area contributed by atoms with Crippen LogP contribution in [0.4, 0.5) is 5.82 Å². The number of carbonyl (C=O) groups excluding carboxylic acids is 1. The lowest BCUT2D eigenvalue weighted by Gasteiger charge is -2.22. The molecule has 0 saturated carbocycles. The van der Waals surface area contributed by atoms with E-state index in [1.807, 2.05) is 0 Å². The number of hydrogen-bond donors (Lipinski definition) is 3. The molecule has 0 spiro atoms. The minimum Gasteiger partial charge on any atom is -0.483 e. The zero-order valence-electron chi connectivity index (χ0n) is 11.2. The number of fused-ring (bicyclic) bond motifs is 1. The van der Waals surface area contributed by atoms with Crippen LogP contribution in [0.5, 0.6) is 0 Å². The van der Waals surface area contributed by atoms with Gasteiger partial charge in [-0.25, -0.2) is 0 Å². The predicted octanol–water partition coefficient (Wildman–Crippen LogP) is 0.283. The SMILES string of the molecule is Cn1ncc2c1NC(=O)CC2c1ccc(=O)[nH]c1.O=CO. The van der Waals surface area contributed by atoms with Crippen LogP contribution in [0.1, 0.15) is 23.5 Å². The fourth-order valence-corrected chi connectivity index (χ4v) is 2.28. The smallest absolute Gasteiger partial charge is 0.290 e. The summed E-state index contributed by atoms with van der Waals surface area (Å²) in [6.45, 7) is -0.250. The van der Waals surface area contributed by atoms with Crippen molar-refractivity contribution < 1.29 is 14.7 Å². The van der Waals surface area contributed by atoms with E-state index in [1.54, 1.807) is 30.2 Å². The number of carbonyl (C=O) groups is 2. The summed E-state index contributed by atoms with van der Waals surface area (Å²) >= 11 is 0. The molecule has 0 radical (unpaired) electrons. The first-order valence-electron chi connectivity index (χ1n) is 6.15. The zero-order chi connectivity index (χ0) is 15.4. The molecular formula is C13H14N4O4. The number of anilines is 1. The Hall–Kier alpha value is -2.90. The van der Waals surface area contributed by atoms with Gasteiger partial charge in [0.15, 0.2) is 0 Å². The molecule has 1 aliphatic heterocycles. The average Bonchev–Trinajstić information content (AvgIpc) is 2.82. The second-order valence-electron chi connectivity index (χ2n) is 4.47. The fraction of sp³-hybridized carbons (Fsp3) is 0.231. The summed E-state index contributed by atoms with van der Waals surface area (Å²) in [7, 11) is 1.79. The van der Waals surface area contributed by atoms with Gasteiger partial charge in [-0.15, -0.1) is 0 Å². The van der Waals surface area contributed by atoms with E-state index in [2.05, 4.69) is 15.4 Å². The van der Waals surface area contributed by atoms with Crippen LogP contribution in [-0.4, -0.2) is 32.3 Å². The maximum absolute atomic E-state index is 11.7. The Bertz CT molecular complexity index is 699. The molecule has 3 N–H and O–H groups in total. The third-order valence-electron chi connectivity index (χ3n) is 3.20. The molecule has 2 aromatic rings. The van der Waals surface area contributed by atoms with Crippen molar-refractivity contribution in [1.29, 1.82) is 0 Å². The van der Waals surface area contributed by atoms with Crippen molar-refractivity contribution in [2.75, 3.05) is 5.32 Å². The molecule has 21 heavy (non-hydrogen) atoms. The largest absolute Gasteiger partial charge is 0.483 e. The lowest BCUT2D eigenvalue weighted by molar-refractivity contribution is -0.123. The highest BCUT2D eigenvalue weighted by atomic mass is 16.3. The summed E-state index contributed by atoms with van der Waals surface area (Å²) in [4.78, 5) is 33.8. The predicted molar refractivity (Wildman–Crippen MR) is 74.1 cm³/mol. The van der Waals surface area contributed by atoms with E-state index in [1.165, 1.54) is 6.07 Å². The number of aromatic amines is 1. The summed E-state index contributed by atoms with van der Waals surface area (Å²) in [6.07, 6.45) is 3.78. The molecule has 0 fully saturated rings. The number of H-pyrrole nitrogens is 1. The molecule has 0 bridgehead atoms. The topological polar surface area (TPSA) is 117 Å². The molecule has 0 aliphatic carbocycles. The second-order valence-corrected chi connectivity index (χ2v) is 4.47. The Kier molecular flexibility index (Phi) is 4.17. The van der Waals surface area contributed by atoms with Crippen LogP contribution in [0.3, 0.4) is 0 Å². The van der Waals surface area contributed by atoms with Crippen LogP contribution in [0.15, 0.2) is 29.3 Å². The van der Waals surface area contributed by atoms with Crippen LogP contribution >= 0.6 is 0 Å². The van der Waals surface area contributed by atoms with E-state index in [0.717, 1.165) is 16.9 Å². The molecule has 3 heterocycles. The zero-order valence-corrected chi connectivity index (χ0v) is 11.2. The maximum atomic E-state index is 11.7. The van der Waals surface area contributed by atoms with Gasteiger partial charge in [-0.2, -0.15) is 5.10 Å². The van der Waals surface area contributed by atoms with Gasteiger partial charge < -0.3 is 15.4 Å². The molecule has 0 saturated heterocycles. The molecule has 3 rings (SSSR count). The monoisotopic (exact) mass is 290 g/mol. The van der Waals surface area contributed by atoms with Crippen molar-refractivity contribution in [2.24, 2.45) is 7.05 Å². The summed E-state index contributed by atoms with van der Waals surface area (Å²) in [5.74, 6) is 0.629. The molecule has 0 aromatic carbocycles. The number of aryl methyl sites for hydroxylation is 1. The molecule has 1 amide bonds. The number of nitrogens with one attached hydrogen (secondary N) is 2. The lowest BCUT2D eigenvalue weighted by atomic mass is 9.88. The van der Waals surface area contributed by atoms with Crippen LogP contribution in [-0.2, 0) is 16.6 Å². The first kappa shape index (κ1) is 14.5. The van der Waals surface area contributed by atoms with Gasteiger partial charge in [0.2, 0.25) is 11.5 Å². The Morgan fingerprint density at radius 3 is 2.76 bits per heavy atom. The van der Waals surface area contributed by atoms with Crippen molar-refractivity contribution in [1.82, 2.24) is 14.8 Å². The minimum absolute atomic E-state index is 0.0395. The molecule has 1 atom stereocenters. The van der Waals surface area contributed by atoms with Gasteiger partial charge in [-0.3, -0.25) is 19.1 Å². The Morgan fingerprint density at radius 2 is 2.14 bits per heavy atom. The third kappa shape index (κ3) is 2.99. The highest BCUT2D eigenvalue weighted by Crippen LogP contribution is 2.35. The van der Waals surface area contributed by atoms with Gasteiger partial charge in [0.05, 0.1) is 6.20 Å². The third-order valence-corrected chi connectivity index (χ3v) is 3.20. The highest BCUT2D eigenvalue weighted by Gasteiger charge is 2.29. The number of pyridine rings is 1. The summed E-state index contributed by atoms with van der Waals surface area (Å²) in [5, 5.41) is 13.9. The van der Waals surface area contributed by atoms with E-state index in [9.17, 15) is 9.59 Å². The number of hydrogen-bond acceptors (Lipinski definition) is 4. The van der Waals surface area contributed by atoms with Crippen molar-refractivity contribution in [2.45, 2.75) is 12.3 Å². The van der Waals surface area contributed by atoms with Crippen LogP contribution in [0.2, 0.25) is 0 Å². The summed E-state index contributed by atoms with van der Waals surface area (Å²) < 4.78 is 1.64. The van der Waals surface area contributed by atoms with Gasteiger partial charge in [-0.05, 0) is 5.56 Å². The van der Waals surface area contributed by atoms with Gasteiger partial charge in [-0.1, -0.05) is 6.07 Å². The molecule has 1 aliphatic rings. The number of nitrogens with zero attached hydrogens (tertiary/aromatic N) is 2. The van der Waals surface area contributed by atoms with Crippen molar-refractivity contribution in [3.63, 3.8) is 0 Å². The highest BCUT2D eigenvalue weighted by molar-refractivity contribution is 5.94. The quantitative estimate of drug-likeness (QED) is 0.652. The normalized spacial score (nSPS) is 16.2. The van der Waals surface area contributed by atoms with Crippen LogP contribution in [0, 0.1) is 0 Å². The number of amides is 1. The van der Waals surface area contributed by atoms with Gasteiger partial charge in [0.25, 0.3) is 6.47 Å². The Labute approximate surface area is 119 Å². The average molecular weight is 290 g/mol. The number of rotatable bonds is 1. The van der Waals surface area contributed by atoms with E-state index < -0.39 is 0 Å². The Balaban J connectivity index is 0.000000497. The number of carboxylic acid groups (broad SMARTS) is 1. The van der Waals surface area contributed by atoms with Crippen molar-refractivity contribution >= 4 is 18.2 Å². The van der Waals surface area contributed by atoms with E-state index in [0.29, 0.717) is 6.42 Å². The molecule has 110 valence electrons. The first-order valence-corrected chi connectivity index (χ1v) is 6.15. The molecule has 1 unspecified atom stereocenters.